The minimum Gasteiger partial charge on any atom is -0.354 e. The molecule has 1 fully saturated rings. The fourth-order valence-electron chi connectivity index (χ4n) is 3.56. The second kappa shape index (κ2) is 8.55. The first-order chi connectivity index (χ1) is 14.1. The Bertz CT molecular complexity index is 1070. The van der Waals surface area contributed by atoms with Crippen molar-refractivity contribution < 1.29 is 0 Å². The predicted octanol–water partition coefficient (Wildman–Crippen LogP) is 2.82. The zero-order chi connectivity index (χ0) is 20.2. The molecule has 0 aliphatic carbocycles. The molecule has 2 aromatic heterocycles. The molecule has 1 aliphatic rings. The lowest BCUT2D eigenvalue weighted by Crippen LogP contribution is -2.47. The molecule has 0 N–H and O–H groups in total. The Morgan fingerprint density at radius 3 is 2.59 bits per heavy atom. The molecule has 0 bridgehead atoms. The molecule has 0 spiro atoms. The van der Waals surface area contributed by atoms with Gasteiger partial charge in [-0.1, -0.05) is 30.3 Å². The van der Waals surface area contributed by atoms with Crippen molar-refractivity contribution in [3.63, 3.8) is 0 Å². The highest BCUT2D eigenvalue weighted by atomic mass is 32.1. The van der Waals surface area contributed by atoms with Crippen molar-refractivity contribution in [2.24, 2.45) is 0 Å². The molecule has 7 nitrogen and oxygen atoms in total. The first kappa shape index (κ1) is 19.3. The van der Waals surface area contributed by atoms with E-state index in [-0.39, 0.29) is 0 Å². The Labute approximate surface area is 175 Å². The summed E-state index contributed by atoms with van der Waals surface area (Å²) in [5.74, 6) is 1.79. The van der Waals surface area contributed by atoms with Gasteiger partial charge in [-0.3, -0.25) is 9.47 Å². The van der Waals surface area contributed by atoms with Gasteiger partial charge < -0.3 is 4.90 Å². The molecule has 1 saturated heterocycles. The summed E-state index contributed by atoms with van der Waals surface area (Å²) in [6, 6.07) is 16.1. The van der Waals surface area contributed by atoms with Crippen LogP contribution in [0.2, 0.25) is 0 Å². The van der Waals surface area contributed by atoms with E-state index in [4.69, 9.17) is 17.5 Å². The first-order valence-electron chi connectivity index (χ1n) is 9.65. The topological polar surface area (TPSA) is 65.9 Å². The maximum absolute atomic E-state index is 9.08. The summed E-state index contributed by atoms with van der Waals surface area (Å²) in [6.45, 7) is 6.93. The van der Waals surface area contributed by atoms with E-state index in [1.807, 2.05) is 35.9 Å². The van der Waals surface area contributed by atoms with Crippen LogP contribution in [0.4, 0.5) is 5.82 Å². The van der Waals surface area contributed by atoms with Crippen molar-refractivity contribution in [2.45, 2.75) is 20.1 Å². The molecule has 0 saturated carbocycles. The number of hydrogen-bond donors (Lipinski definition) is 0. The Kier molecular flexibility index (Phi) is 5.69. The third-order valence-electron chi connectivity index (χ3n) is 5.20. The molecule has 148 valence electrons. The summed E-state index contributed by atoms with van der Waals surface area (Å²) < 4.78 is 4.74. The summed E-state index contributed by atoms with van der Waals surface area (Å²) in [5.41, 5.74) is 1.86. The molecule has 3 heterocycles. The van der Waals surface area contributed by atoms with Gasteiger partial charge in [-0.25, -0.2) is 9.67 Å². The molecular weight excluding hydrogens is 382 g/mol. The third kappa shape index (κ3) is 4.36. The van der Waals surface area contributed by atoms with Gasteiger partial charge in [-0.2, -0.15) is 10.4 Å². The van der Waals surface area contributed by atoms with Gasteiger partial charge in [0.25, 0.3) is 0 Å². The van der Waals surface area contributed by atoms with Crippen LogP contribution in [0.15, 0.2) is 48.7 Å². The van der Waals surface area contributed by atoms with Gasteiger partial charge in [-0.05, 0) is 36.8 Å². The van der Waals surface area contributed by atoms with Gasteiger partial charge in [0, 0.05) is 32.4 Å². The minimum atomic E-state index is 0.642. The molecular formula is C21H23N7S. The van der Waals surface area contributed by atoms with Crippen molar-refractivity contribution in [1.82, 2.24) is 24.2 Å². The minimum absolute atomic E-state index is 0.642. The third-order valence-corrected chi connectivity index (χ3v) is 5.63. The molecule has 29 heavy (non-hydrogen) atoms. The van der Waals surface area contributed by atoms with Crippen molar-refractivity contribution in [2.75, 3.05) is 31.1 Å². The van der Waals surface area contributed by atoms with Gasteiger partial charge in [0.15, 0.2) is 4.77 Å². The normalized spacial score (nSPS) is 14.7. The number of benzene rings is 1. The van der Waals surface area contributed by atoms with E-state index in [0.717, 1.165) is 49.1 Å². The van der Waals surface area contributed by atoms with E-state index in [0.29, 0.717) is 12.2 Å². The van der Waals surface area contributed by atoms with Crippen molar-refractivity contribution in [1.29, 1.82) is 5.26 Å². The summed E-state index contributed by atoms with van der Waals surface area (Å²) in [7, 11) is 0. The fraction of sp³-hybridized carbons (Fsp3) is 0.333. The molecule has 0 amide bonds. The van der Waals surface area contributed by atoms with Crippen LogP contribution in [0, 0.1) is 23.0 Å². The number of aromatic nitrogens is 4. The van der Waals surface area contributed by atoms with Crippen LogP contribution in [0.3, 0.4) is 0 Å². The number of nitriles is 1. The van der Waals surface area contributed by atoms with Crippen LogP contribution < -0.4 is 4.90 Å². The Balaban J connectivity index is 1.40. The molecule has 4 rings (SSSR count). The van der Waals surface area contributed by atoms with Gasteiger partial charge in [0.2, 0.25) is 0 Å². The van der Waals surface area contributed by atoms with E-state index in [9.17, 15) is 0 Å². The summed E-state index contributed by atoms with van der Waals surface area (Å²) in [4.78, 5) is 8.97. The van der Waals surface area contributed by atoms with Crippen LogP contribution in [0.1, 0.15) is 17.0 Å². The number of rotatable bonds is 5. The lowest BCUT2D eigenvalue weighted by Gasteiger charge is -2.35. The molecule has 1 aliphatic heterocycles. The van der Waals surface area contributed by atoms with Gasteiger partial charge in [-0.15, -0.1) is 0 Å². The van der Waals surface area contributed by atoms with Crippen LogP contribution in [0.5, 0.6) is 0 Å². The predicted molar refractivity (Wildman–Crippen MR) is 114 cm³/mol. The summed E-state index contributed by atoms with van der Waals surface area (Å²) >= 11 is 5.69. The first-order valence-corrected chi connectivity index (χ1v) is 10.1. The van der Waals surface area contributed by atoms with Gasteiger partial charge >= 0.3 is 0 Å². The van der Waals surface area contributed by atoms with Crippen LogP contribution in [0.25, 0.3) is 0 Å². The zero-order valence-corrected chi connectivity index (χ0v) is 17.2. The average Bonchev–Trinajstić information content (AvgIpc) is 3.02. The van der Waals surface area contributed by atoms with E-state index in [1.165, 1.54) is 5.56 Å². The Morgan fingerprint density at radius 1 is 1.10 bits per heavy atom. The second-order valence-corrected chi connectivity index (χ2v) is 7.53. The van der Waals surface area contributed by atoms with Crippen LogP contribution >= 0.6 is 12.2 Å². The fourth-order valence-corrected chi connectivity index (χ4v) is 3.85. The quantitative estimate of drug-likeness (QED) is 0.608. The number of nitrogens with zero attached hydrogens (tertiary/aromatic N) is 7. The van der Waals surface area contributed by atoms with Crippen molar-refractivity contribution >= 4 is 18.0 Å². The van der Waals surface area contributed by atoms with Crippen LogP contribution in [-0.2, 0) is 13.2 Å². The van der Waals surface area contributed by atoms with E-state index < -0.39 is 0 Å². The van der Waals surface area contributed by atoms with E-state index in [1.54, 1.807) is 12.3 Å². The van der Waals surface area contributed by atoms with Crippen molar-refractivity contribution in [3.05, 3.63) is 70.4 Å². The van der Waals surface area contributed by atoms with E-state index in [2.05, 4.69) is 42.7 Å². The SMILES string of the molecule is Cc1nn(CN2CCN(c3cc(C#N)ccn3)CC2)c(=S)n1Cc1ccccc1. The molecule has 3 aromatic rings. The monoisotopic (exact) mass is 405 g/mol. The van der Waals surface area contributed by atoms with E-state index >= 15 is 0 Å². The molecule has 0 atom stereocenters. The highest BCUT2D eigenvalue weighted by molar-refractivity contribution is 7.71. The van der Waals surface area contributed by atoms with Crippen LogP contribution in [-0.4, -0.2) is 50.4 Å². The zero-order valence-electron chi connectivity index (χ0n) is 16.4. The number of pyridine rings is 1. The molecule has 8 heteroatoms. The molecule has 1 aromatic carbocycles. The second-order valence-electron chi connectivity index (χ2n) is 7.16. The summed E-state index contributed by atoms with van der Waals surface area (Å²) in [6.07, 6.45) is 1.70. The molecule has 0 radical (unpaired) electrons. The van der Waals surface area contributed by atoms with Crippen molar-refractivity contribution in [3.8, 4) is 6.07 Å². The Morgan fingerprint density at radius 2 is 1.86 bits per heavy atom. The maximum atomic E-state index is 9.08. The Hall–Kier alpha value is -3.02. The lowest BCUT2D eigenvalue weighted by atomic mass is 10.2. The molecule has 0 unspecified atom stereocenters. The van der Waals surface area contributed by atoms with Gasteiger partial charge in [0.1, 0.15) is 11.6 Å². The number of piperazine rings is 1. The average molecular weight is 406 g/mol. The standard InChI is InChI=1S/C21H23N7S/c1-17-24-28(21(29)27(17)15-18-5-3-2-4-6-18)16-25-9-11-26(12-10-25)20-13-19(14-22)7-8-23-20/h2-8,13H,9-12,15-16H2,1H3. The smallest absolute Gasteiger partial charge is 0.199 e. The highest BCUT2D eigenvalue weighted by Crippen LogP contribution is 2.15. The highest BCUT2D eigenvalue weighted by Gasteiger charge is 2.19. The largest absolute Gasteiger partial charge is 0.354 e. The lowest BCUT2D eigenvalue weighted by molar-refractivity contribution is 0.193. The number of aryl methyl sites for hydroxylation is 1. The number of hydrogen-bond acceptors (Lipinski definition) is 6. The maximum Gasteiger partial charge on any atom is 0.199 e. The van der Waals surface area contributed by atoms with Gasteiger partial charge in [0.05, 0.1) is 24.8 Å². The summed E-state index contributed by atoms with van der Waals surface area (Å²) in [5, 5.41) is 13.8. The number of anilines is 1.